The van der Waals surface area contributed by atoms with Gasteiger partial charge in [0.1, 0.15) is 31.1 Å². The fourth-order valence-corrected chi connectivity index (χ4v) is 10.2. The molecular weight excluding hydrogens is 774 g/mol. The molecule has 0 bridgehead atoms. The van der Waals surface area contributed by atoms with Crippen LogP contribution in [0.25, 0.3) is 11.1 Å². The summed E-state index contributed by atoms with van der Waals surface area (Å²) in [5.74, 6) is -1.31. The molecule has 0 heterocycles. The van der Waals surface area contributed by atoms with E-state index in [0.29, 0.717) is 0 Å². The van der Waals surface area contributed by atoms with E-state index in [-0.39, 0.29) is 0 Å². The number of hydrogen-bond acceptors (Lipinski definition) is 10. The maximum Gasteiger partial charge on any atom is 0.297 e. The first-order chi connectivity index (χ1) is 15.2. The Hall–Kier alpha value is -0.860. The minimum Gasteiger partial charge on any atom is -0.496 e. The monoisotopic (exact) mass is 786 g/mol. The highest BCUT2D eigenvalue weighted by molar-refractivity contribution is 14.1. The normalized spacial score (nSPS) is 13.1. The van der Waals surface area contributed by atoms with Gasteiger partial charge in [0, 0.05) is 7.14 Å². The first-order valence-electron chi connectivity index (χ1n) is 7.89. The fraction of sp³-hybridized carbons (Fsp3) is 0.143. The maximum atomic E-state index is 12.3. The predicted molar refractivity (Wildman–Crippen MR) is 130 cm³/mol. The molecule has 20 heteroatoms. The van der Waals surface area contributed by atoms with Crippen molar-refractivity contribution in [2.75, 3.05) is 14.2 Å². The highest BCUT2D eigenvalue weighted by Gasteiger charge is 2.40. The highest BCUT2D eigenvalue weighted by atomic mass is 127. The van der Waals surface area contributed by atoms with Crippen LogP contribution in [-0.4, -0.2) is 66.1 Å². The van der Waals surface area contributed by atoms with E-state index in [2.05, 4.69) is 0 Å². The Balaban J connectivity index is 3.59. The molecule has 2 aromatic rings. The average molecular weight is 786 g/mol. The van der Waals surface area contributed by atoms with E-state index in [1.165, 1.54) is 45.2 Å². The molecule has 0 amide bonds. The van der Waals surface area contributed by atoms with Crippen LogP contribution < -0.4 is 9.47 Å². The van der Waals surface area contributed by atoms with Crippen molar-refractivity contribution in [3.05, 3.63) is 19.3 Å². The molecule has 0 saturated carbocycles. The zero-order chi connectivity index (χ0) is 26.6. The van der Waals surface area contributed by atoms with Crippen LogP contribution in [0.5, 0.6) is 11.5 Å². The molecule has 0 aliphatic heterocycles. The quantitative estimate of drug-likeness (QED) is 0.231. The van der Waals surface area contributed by atoms with Gasteiger partial charge in [-0.05, 0) is 57.3 Å². The second-order valence-corrected chi connectivity index (χ2v) is 13.8. The lowest BCUT2D eigenvalue weighted by atomic mass is 10.0. The van der Waals surface area contributed by atoms with Gasteiger partial charge >= 0.3 is 0 Å². The van der Waals surface area contributed by atoms with Crippen LogP contribution in [0.3, 0.4) is 0 Å². The number of rotatable bonds is 7. The molecular formula is C14H12I2O14S4. The van der Waals surface area contributed by atoms with Crippen LogP contribution in [0.15, 0.2) is 31.7 Å². The summed E-state index contributed by atoms with van der Waals surface area (Å²) in [6.07, 6.45) is 0. The molecule has 2 aromatic carbocycles. The fourth-order valence-electron chi connectivity index (χ4n) is 2.94. The van der Waals surface area contributed by atoms with Gasteiger partial charge < -0.3 is 9.47 Å². The topological polar surface area (TPSA) is 236 Å². The number of halogens is 2. The maximum absolute atomic E-state index is 12.3. The van der Waals surface area contributed by atoms with Crippen LogP contribution in [0.2, 0.25) is 0 Å². The number of methoxy groups -OCH3 is 2. The minimum atomic E-state index is -5.67. The van der Waals surface area contributed by atoms with Gasteiger partial charge in [-0.15, -0.1) is 0 Å². The Bertz CT molecular complexity index is 1500. The first-order valence-corrected chi connectivity index (χ1v) is 15.8. The molecule has 0 fully saturated rings. The lowest BCUT2D eigenvalue weighted by molar-refractivity contribution is 0.404. The van der Waals surface area contributed by atoms with E-state index in [4.69, 9.17) is 9.47 Å². The molecule has 0 aliphatic rings. The zero-order valence-electron chi connectivity index (χ0n) is 16.4. The molecule has 0 aromatic heterocycles. The Morgan fingerprint density at radius 2 is 0.794 bits per heavy atom. The molecule has 0 radical (unpaired) electrons. The Morgan fingerprint density at radius 3 is 0.971 bits per heavy atom. The summed E-state index contributed by atoms with van der Waals surface area (Å²) in [5.41, 5.74) is -2.24. The summed E-state index contributed by atoms with van der Waals surface area (Å²) < 4.78 is 145. The summed E-state index contributed by atoms with van der Waals surface area (Å²) >= 11 is 2.55. The Labute approximate surface area is 220 Å². The summed E-state index contributed by atoms with van der Waals surface area (Å²) in [6, 6.07) is 1.62. The molecule has 14 nitrogen and oxygen atoms in total. The predicted octanol–water partition coefficient (Wildman–Crippen LogP) is 1.57. The molecule has 0 unspecified atom stereocenters. The Morgan fingerprint density at radius 1 is 0.559 bits per heavy atom. The molecule has 0 saturated heterocycles. The lowest BCUT2D eigenvalue weighted by Gasteiger charge is -2.22. The van der Waals surface area contributed by atoms with Gasteiger partial charge in [0.05, 0.1) is 25.3 Å². The standard InChI is InChI=1S/C14H12I2O14S4/c1-29-7-3-5(15)11(31(17,18)19)13(33(23,24)25)9(7)10-8(30-2)4-6(16)12(32(20,21)22)14(10)34(26,27)28/h3-4H,1-2H3,(H,17,18,19)(H,20,21,22)(H,23,24,25)(H,26,27,28). The van der Waals surface area contributed by atoms with E-state index >= 15 is 0 Å². The van der Waals surface area contributed by atoms with Crippen molar-refractivity contribution in [2.45, 2.75) is 19.6 Å². The van der Waals surface area contributed by atoms with Crippen LogP contribution in [-0.2, 0) is 40.5 Å². The second-order valence-electron chi connectivity index (χ2n) is 6.09. The van der Waals surface area contributed by atoms with E-state index in [1.807, 2.05) is 0 Å². The molecule has 0 atom stereocenters. The van der Waals surface area contributed by atoms with E-state index in [0.717, 1.165) is 26.4 Å². The third-order valence-corrected chi connectivity index (χ3v) is 10.5. The molecule has 34 heavy (non-hydrogen) atoms. The van der Waals surface area contributed by atoms with Crippen LogP contribution in [0.1, 0.15) is 0 Å². The van der Waals surface area contributed by atoms with Crippen LogP contribution >= 0.6 is 45.2 Å². The number of benzene rings is 2. The summed E-state index contributed by atoms with van der Waals surface area (Å²) in [7, 11) is -20.4. The molecule has 2 rings (SSSR count). The van der Waals surface area contributed by atoms with Gasteiger partial charge in [0.25, 0.3) is 40.5 Å². The molecule has 190 valence electrons. The first kappa shape index (κ1) is 29.4. The van der Waals surface area contributed by atoms with Crippen molar-refractivity contribution in [3.63, 3.8) is 0 Å². The molecule has 4 N–H and O–H groups in total. The van der Waals surface area contributed by atoms with Crippen LogP contribution in [0.4, 0.5) is 0 Å². The Kier molecular flexibility index (Phi) is 8.25. The summed E-state index contributed by atoms with van der Waals surface area (Å²) in [6.45, 7) is 0. The average Bonchev–Trinajstić information content (AvgIpc) is 2.62. The lowest BCUT2D eigenvalue weighted by Crippen LogP contribution is -2.17. The number of ether oxygens (including phenoxy) is 2. The third-order valence-electron chi connectivity index (χ3n) is 4.03. The van der Waals surface area contributed by atoms with Crippen molar-refractivity contribution < 1.29 is 61.4 Å². The van der Waals surface area contributed by atoms with Gasteiger partial charge in [-0.2, -0.15) is 33.7 Å². The highest BCUT2D eigenvalue weighted by Crippen LogP contribution is 2.50. The van der Waals surface area contributed by atoms with Gasteiger partial charge in [-0.1, -0.05) is 0 Å². The van der Waals surface area contributed by atoms with Crippen molar-refractivity contribution in [3.8, 4) is 22.6 Å². The second kappa shape index (κ2) is 9.55. The van der Waals surface area contributed by atoms with Gasteiger partial charge in [-0.25, -0.2) is 0 Å². The van der Waals surface area contributed by atoms with Gasteiger partial charge in [0.15, 0.2) is 0 Å². The number of hydrogen-bond donors (Lipinski definition) is 4. The van der Waals surface area contributed by atoms with Crippen molar-refractivity contribution in [1.82, 2.24) is 0 Å². The van der Waals surface area contributed by atoms with E-state index < -0.39 is 89.8 Å². The smallest absolute Gasteiger partial charge is 0.297 e. The molecule has 0 spiro atoms. The van der Waals surface area contributed by atoms with Gasteiger partial charge in [0.2, 0.25) is 0 Å². The largest absolute Gasteiger partial charge is 0.496 e. The van der Waals surface area contributed by atoms with Crippen molar-refractivity contribution >= 4 is 85.7 Å². The SMILES string of the molecule is COc1cc(I)c(S(=O)(=O)O)c(S(=O)(=O)O)c1-c1c(OC)cc(I)c(S(=O)(=O)O)c1S(=O)(=O)O. The summed E-state index contributed by atoms with van der Waals surface area (Å²) in [5, 5.41) is 0. The third kappa shape index (κ3) is 5.59. The summed E-state index contributed by atoms with van der Waals surface area (Å²) in [4.78, 5) is -6.07. The minimum absolute atomic E-state index is 0.513. The van der Waals surface area contributed by atoms with Crippen molar-refractivity contribution in [2.24, 2.45) is 0 Å². The zero-order valence-corrected chi connectivity index (χ0v) is 24.0. The van der Waals surface area contributed by atoms with Gasteiger partial charge in [-0.3, -0.25) is 18.2 Å². The van der Waals surface area contributed by atoms with Crippen molar-refractivity contribution in [1.29, 1.82) is 0 Å². The van der Waals surface area contributed by atoms with E-state index in [1.54, 1.807) is 0 Å². The van der Waals surface area contributed by atoms with E-state index in [9.17, 15) is 51.9 Å². The molecule has 0 aliphatic carbocycles. The van der Waals surface area contributed by atoms with Crippen LogP contribution in [0, 0.1) is 7.14 Å².